The number of hydrogen-bond acceptors (Lipinski definition) is 10. The van der Waals surface area contributed by atoms with Gasteiger partial charge in [-0.05, 0) is 36.7 Å². The first kappa shape index (κ1) is 25.8. The number of ether oxygens (including phenoxy) is 3. The number of pyridine rings is 1. The highest BCUT2D eigenvalue weighted by Gasteiger charge is 2.50. The monoisotopic (exact) mass is 575 g/mol. The van der Waals surface area contributed by atoms with Crippen molar-refractivity contribution < 1.29 is 28.5 Å². The summed E-state index contributed by atoms with van der Waals surface area (Å²) >= 11 is 6.32. The molecule has 3 atom stereocenters. The molecule has 3 aliphatic heterocycles. The fourth-order valence-corrected chi connectivity index (χ4v) is 6.14. The van der Waals surface area contributed by atoms with Crippen molar-refractivity contribution in [1.82, 2.24) is 15.0 Å². The molecule has 0 bridgehead atoms. The van der Waals surface area contributed by atoms with Crippen molar-refractivity contribution in [2.45, 2.75) is 37.1 Å². The molecule has 7 rings (SSSR count). The molecule has 1 spiro atoms. The second-order valence-corrected chi connectivity index (χ2v) is 10.9. The fraction of sp³-hybridized carbons (Fsp3) is 0.379. The van der Waals surface area contributed by atoms with Crippen LogP contribution in [0.25, 0.3) is 22.1 Å². The van der Waals surface area contributed by atoms with Crippen LogP contribution in [0.1, 0.15) is 18.9 Å². The molecule has 11 nitrogen and oxygen atoms in total. The predicted molar refractivity (Wildman–Crippen MR) is 151 cm³/mol. The molecular formula is C29H26ClN5O6. The number of fused-ring (bicyclic) bond motifs is 3. The minimum absolute atomic E-state index is 0.00315. The number of carboxylic acids is 1. The second kappa shape index (κ2) is 9.76. The summed E-state index contributed by atoms with van der Waals surface area (Å²) in [4.78, 5) is 29.6. The van der Waals surface area contributed by atoms with Gasteiger partial charge in [0.05, 0.1) is 32.4 Å². The van der Waals surface area contributed by atoms with Gasteiger partial charge in [0.25, 0.3) is 0 Å². The van der Waals surface area contributed by atoms with Crippen LogP contribution in [0.15, 0.2) is 40.9 Å². The van der Waals surface area contributed by atoms with Crippen molar-refractivity contribution in [3.05, 3.63) is 47.4 Å². The van der Waals surface area contributed by atoms with E-state index in [2.05, 4.69) is 32.7 Å². The molecule has 0 aliphatic carbocycles. The van der Waals surface area contributed by atoms with Crippen LogP contribution in [0.2, 0.25) is 5.28 Å². The first-order valence-corrected chi connectivity index (χ1v) is 13.7. The van der Waals surface area contributed by atoms with Crippen LogP contribution < -0.4 is 14.5 Å². The second-order valence-electron chi connectivity index (χ2n) is 10.5. The van der Waals surface area contributed by atoms with E-state index >= 15 is 0 Å². The van der Waals surface area contributed by atoms with Crippen LogP contribution in [0.4, 0.5) is 11.5 Å². The summed E-state index contributed by atoms with van der Waals surface area (Å²) in [5.41, 5.74) is 2.45. The maximum absolute atomic E-state index is 12.5. The van der Waals surface area contributed by atoms with Crippen molar-refractivity contribution in [3.63, 3.8) is 0 Å². The molecule has 0 unspecified atom stereocenters. The first-order chi connectivity index (χ1) is 19.9. The Morgan fingerprint density at radius 2 is 2.10 bits per heavy atom. The zero-order chi connectivity index (χ0) is 28.3. The van der Waals surface area contributed by atoms with E-state index < -0.39 is 23.7 Å². The molecule has 3 aliphatic rings. The van der Waals surface area contributed by atoms with Gasteiger partial charge in [0.15, 0.2) is 11.4 Å². The Balaban J connectivity index is 1.23. The number of benzene rings is 1. The molecule has 1 aromatic carbocycles. The van der Waals surface area contributed by atoms with E-state index in [1.807, 2.05) is 30.3 Å². The normalized spacial score (nSPS) is 23.6. The summed E-state index contributed by atoms with van der Waals surface area (Å²) in [6, 6.07) is 8.34. The Morgan fingerprint density at radius 1 is 1.27 bits per heavy atom. The average Bonchev–Trinajstić information content (AvgIpc) is 3.54. The highest BCUT2D eigenvalue weighted by Crippen LogP contribution is 2.41. The molecule has 12 heteroatoms. The predicted octanol–water partition coefficient (Wildman–Crippen LogP) is 3.51. The lowest BCUT2D eigenvalue weighted by Crippen LogP contribution is -2.68. The molecule has 0 saturated carbocycles. The minimum atomic E-state index is -1.01. The third kappa shape index (κ3) is 4.22. The van der Waals surface area contributed by atoms with Gasteiger partial charge in [-0.1, -0.05) is 18.1 Å². The zero-order valence-corrected chi connectivity index (χ0v) is 22.9. The van der Waals surface area contributed by atoms with Crippen molar-refractivity contribution >= 4 is 51.1 Å². The number of terminal acetylenes is 1. The standard InChI is InChI=1S/C29H26ClN5O6/c1-3-17-10-20(34-8-9-39-29(16(34)2)14-38-15-29)26(31-12-17)40-18-11-21(27(36)37)35(13-18)25-24-23(32-28(30)33-25)19-6-4-5-7-22(19)41-24/h1,4-7,10,12,16,18,21H,8-9,11,13-15H2,2H3,(H,36,37)/t16-,18-,21-/m0/s1. The van der Waals surface area contributed by atoms with Crippen LogP contribution in [0.3, 0.4) is 0 Å². The summed E-state index contributed by atoms with van der Waals surface area (Å²) in [7, 11) is 0. The van der Waals surface area contributed by atoms with Gasteiger partial charge in [0, 0.05) is 30.1 Å². The first-order valence-electron chi connectivity index (χ1n) is 13.3. The third-order valence-corrected chi connectivity index (χ3v) is 8.39. The van der Waals surface area contributed by atoms with E-state index in [0.29, 0.717) is 60.3 Å². The SMILES string of the molecule is C#Cc1cnc(O[C@H]2C[C@@H](C(=O)O)N(c3nc(Cl)nc4c3oc3ccccc34)C2)c(N2CCOC3(COC3)[C@@H]2C)c1. The van der Waals surface area contributed by atoms with Gasteiger partial charge in [-0.2, -0.15) is 4.98 Å². The molecule has 4 aromatic rings. The largest absolute Gasteiger partial charge is 0.480 e. The molecule has 210 valence electrons. The van der Waals surface area contributed by atoms with E-state index in [4.69, 9.17) is 36.7 Å². The lowest BCUT2D eigenvalue weighted by atomic mass is 9.90. The Bertz CT molecular complexity index is 1720. The molecule has 0 radical (unpaired) electrons. The number of carboxylic acid groups (broad SMARTS) is 1. The molecule has 6 heterocycles. The molecular weight excluding hydrogens is 550 g/mol. The summed E-state index contributed by atoms with van der Waals surface area (Å²) in [6.07, 6.45) is 6.95. The number of hydrogen-bond donors (Lipinski definition) is 1. The number of carbonyl (C=O) groups is 1. The lowest BCUT2D eigenvalue weighted by molar-refractivity contribution is -0.228. The van der Waals surface area contributed by atoms with E-state index in [9.17, 15) is 9.90 Å². The number of morpholine rings is 1. The number of aliphatic carboxylic acids is 1. The topological polar surface area (TPSA) is 123 Å². The molecule has 3 saturated heterocycles. The van der Waals surface area contributed by atoms with E-state index in [1.54, 1.807) is 11.1 Å². The Labute approximate surface area is 240 Å². The fourth-order valence-electron chi connectivity index (χ4n) is 5.97. The van der Waals surface area contributed by atoms with Crippen molar-refractivity contribution in [1.29, 1.82) is 0 Å². The van der Waals surface area contributed by atoms with Gasteiger partial charge < -0.3 is 33.5 Å². The van der Waals surface area contributed by atoms with Gasteiger partial charge in [0.1, 0.15) is 34.5 Å². The molecule has 3 fully saturated rings. The number of para-hydroxylation sites is 1. The van der Waals surface area contributed by atoms with Crippen LogP contribution in [-0.4, -0.2) is 82.7 Å². The van der Waals surface area contributed by atoms with E-state index in [1.165, 1.54) is 0 Å². The molecule has 0 amide bonds. The van der Waals surface area contributed by atoms with Crippen molar-refractivity contribution in [3.8, 4) is 18.2 Å². The molecule has 1 N–H and O–H groups in total. The maximum atomic E-state index is 12.5. The smallest absolute Gasteiger partial charge is 0.326 e. The molecule has 3 aromatic heterocycles. The van der Waals surface area contributed by atoms with Crippen LogP contribution in [0.5, 0.6) is 5.88 Å². The highest BCUT2D eigenvalue weighted by atomic mass is 35.5. The summed E-state index contributed by atoms with van der Waals surface area (Å²) in [5, 5.41) is 11.0. The number of rotatable bonds is 5. The number of furan rings is 1. The van der Waals surface area contributed by atoms with E-state index in [0.717, 1.165) is 11.1 Å². The summed E-state index contributed by atoms with van der Waals surface area (Å²) in [6.45, 7) is 4.46. The lowest BCUT2D eigenvalue weighted by Gasteiger charge is -2.53. The van der Waals surface area contributed by atoms with Gasteiger partial charge >= 0.3 is 5.97 Å². The highest BCUT2D eigenvalue weighted by molar-refractivity contribution is 6.29. The Kier molecular flexibility index (Phi) is 6.15. The van der Waals surface area contributed by atoms with Gasteiger partial charge in [0.2, 0.25) is 11.2 Å². The number of anilines is 2. The molecule has 41 heavy (non-hydrogen) atoms. The summed E-state index contributed by atoms with van der Waals surface area (Å²) in [5.74, 6) is 2.32. The quantitative estimate of drug-likeness (QED) is 0.278. The van der Waals surface area contributed by atoms with Crippen molar-refractivity contribution in [2.24, 2.45) is 0 Å². The van der Waals surface area contributed by atoms with Gasteiger partial charge in [-0.3, -0.25) is 0 Å². The third-order valence-electron chi connectivity index (χ3n) is 8.22. The Hall–Kier alpha value is -4.11. The van der Waals surface area contributed by atoms with Crippen LogP contribution in [0, 0.1) is 12.3 Å². The number of aromatic nitrogens is 3. The van der Waals surface area contributed by atoms with Gasteiger partial charge in [-0.15, -0.1) is 6.42 Å². The minimum Gasteiger partial charge on any atom is -0.480 e. The van der Waals surface area contributed by atoms with Gasteiger partial charge in [-0.25, -0.2) is 14.8 Å². The average molecular weight is 576 g/mol. The van der Waals surface area contributed by atoms with E-state index in [-0.39, 0.29) is 24.3 Å². The van der Waals surface area contributed by atoms with Crippen molar-refractivity contribution in [2.75, 3.05) is 42.7 Å². The Morgan fingerprint density at radius 3 is 2.85 bits per heavy atom. The van der Waals surface area contributed by atoms with Crippen LogP contribution >= 0.6 is 11.6 Å². The summed E-state index contributed by atoms with van der Waals surface area (Å²) < 4.78 is 24.1. The number of halogens is 1. The number of nitrogens with zero attached hydrogens (tertiary/aromatic N) is 5. The van der Waals surface area contributed by atoms with Crippen LogP contribution in [-0.2, 0) is 14.3 Å². The maximum Gasteiger partial charge on any atom is 0.326 e. The zero-order valence-electron chi connectivity index (χ0n) is 22.1.